The first kappa shape index (κ1) is 12.0. The van der Waals surface area contributed by atoms with Crippen LogP contribution in [0.5, 0.6) is 0 Å². The fraction of sp³-hybridized carbons (Fsp3) is 0.300. The van der Waals surface area contributed by atoms with Crippen molar-refractivity contribution >= 4 is 23.6 Å². The zero-order valence-electron chi connectivity index (χ0n) is 9.10. The van der Waals surface area contributed by atoms with Crippen LogP contribution in [-0.4, -0.2) is 26.8 Å². The molecule has 1 aromatic rings. The molecule has 0 saturated heterocycles. The van der Waals surface area contributed by atoms with Gasteiger partial charge in [0.2, 0.25) is 5.91 Å². The number of anilines is 1. The maximum atomic E-state index is 10.9. The Morgan fingerprint density at radius 1 is 1.62 bits per heavy atom. The molecule has 1 aromatic heterocycles. The van der Waals surface area contributed by atoms with Crippen molar-refractivity contribution in [3.05, 3.63) is 18.0 Å². The summed E-state index contributed by atoms with van der Waals surface area (Å²) in [7, 11) is 0. The zero-order valence-corrected chi connectivity index (χ0v) is 9.10. The Morgan fingerprint density at radius 3 is 2.81 bits per heavy atom. The summed E-state index contributed by atoms with van der Waals surface area (Å²) in [6, 6.07) is 0. The number of aromatic nitrogens is 2. The highest BCUT2D eigenvalue weighted by molar-refractivity contribution is 5.92. The van der Waals surface area contributed by atoms with Crippen molar-refractivity contribution in [1.82, 2.24) is 9.78 Å². The average molecular weight is 223 g/mol. The molecule has 86 valence electrons. The second-order valence-corrected chi connectivity index (χ2v) is 3.11. The van der Waals surface area contributed by atoms with Crippen molar-refractivity contribution in [3.63, 3.8) is 0 Å². The first-order valence-corrected chi connectivity index (χ1v) is 4.79. The second-order valence-electron chi connectivity index (χ2n) is 3.11. The third kappa shape index (κ3) is 2.94. The van der Waals surface area contributed by atoms with Crippen molar-refractivity contribution in [2.24, 2.45) is 0 Å². The molecule has 16 heavy (non-hydrogen) atoms. The van der Waals surface area contributed by atoms with Gasteiger partial charge in [-0.1, -0.05) is 0 Å². The summed E-state index contributed by atoms with van der Waals surface area (Å²) in [4.78, 5) is 21.3. The predicted molar refractivity (Wildman–Crippen MR) is 58.9 cm³/mol. The van der Waals surface area contributed by atoms with Gasteiger partial charge >= 0.3 is 5.97 Å². The lowest BCUT2D eigenvalue weighted by Crippen LogP contribution is -2.07. The summed E-state index contributed by atoms with van der Waals surface area (Å²) in [5, 5.41) is 15.2. The number of amides is 1. The van der Waals surface area contributed by atoms with E-state index in [9.17, 15) is 9.59 Å². The number of nitrogens with zero attached hydrogens (tertiary/aromatic N) is 2. The molecule has 2 N–H and O–H groups in total. The van der Waals surface area contributed by atoms with E-state index in [1.165, 1.54) is 19.2 Å². The minimum Gasteiger partial charge on any atom is -0.478 e. The summed E-state index contributed by atoms with van der Waals surface area (Å²) >= 11 is 0. The van der Waals surface area contributed by atoms with Gasteiger partial charge < -0.3 is 10.4 Å². The van der Waals surface area contributed by atoms with Gasteiger partial charge in [0.15, 0.2) is 0 Å². The van der Waals surface area contributed by atoms with E-state index in [2.05, 4.69) is 10.4 Å². The van der Waals surface area contributed by atoms with Gasteiger partial charge in [-0.15, -0.1) is 0 Å². The van der Waals surface area contributed by atoms with Crippen molar-refractivity contribution in [2.75, 3.05) is 5.32 Å². The number of carboxylic acid groups (broad SMARTS) is 1. The highest BCUT2D eigenvalue weighted by atomic mass is 16.4. The Balaban J connectivity index is 3.05. The van der Waals surface area contributed by atoms with Crippen LogP contribution in [0.15, 0.2) is 12.3 Å². The summed E-state index contributed by atoms with van der Waals surface area (Å²) in [6.45, 7) is 3.86. The first-order valence-electron chi connectivity index (χ1n) is 4.79. The minimum absolute atomic E-state index is 0.222. The highest BCUT2D eigenvalue weighted by Gasteiger charge is 2.08. The number of hydrogen-bond acceptors (Lipinski definition) is 3. The molecule has 0 aliphatic rings. The van der Waals surface area contributed by atoms with Crippen LogP contribution >= 0.6 is 0 Å². The molecular formula is C10H13N3O3. The SMILES string of the molecule is CCn1ncc(NC(C)=O)c1/C=C/C(=O)O. The third-order valence-electron chi connectivity index (χ3n) is 1.87. The number of nitrogens with one attached hydrogen (secondary N) is 1. The maximum absolute atomic E-state index is 10.9. The fourth-order valence-electron chi connectivity index (χ4n) is 1.26. The van der Waals surface area contributed by atoms with Crippen LogP contribution < -0.4 is 5.32 Å². The van der Waals surface area contributed by atoms with Crippen molar-refractivity contribution in [3.8, 4) is 0 Å². The largest absolute Gasteiger partial charge is 0.478 e. The van der Waals surface area contributed by atoms with Crippen molar-refractivity contribution in [2.45, 2.75) is 20.4 Å². The third-order valence-corrected chi connectivity index (χ3v) is 1.87. The van der Waals surface area contributed by atoms with E-state index >= 15 is 0 Å². The van der Waals surface area contributed by atoms with Gasteiger partial charge in [-0.05, 0) is 13.0 Å². The van der Waals surface area contributed by atoms with Gasteiger partial charge in [0.25, 0.3) is 0 Å². The fourth-order valence-corrected chi connectivity index (χ4v) is 1.26. The molecule has 0 unspecified atom stereocenters. The molecule has 6 heteroatoms. The normalized spacial score (nSPS) is 10.6. The van der Waals surface area contributed by atoms with E-state index in [4.69, 9.17) is 5.11 Å². The second kappa shape index (κ2) is 5.11. The molecule has 0 aliphatic carbocycles. The molecule has 0 spiro atoms. The number of hydrogen-bond donors (Lipinski definition) is 2. The molecular weight excluding hydrogens is 210 g/mol. The number of aryl methyl sites for hydroxylation is 1. The quantitative estimate of drug-likeness (QED) is 0.744. The molecule has 1 rings (SSSR count). The Kier molecular flexibility index (Phi) is 3.82. The Bertz CT molecular complexity index is 435. The van der Waals surface area contributed by atoms with Gasteiger partial charge in [0.05, 0.1) is 17.6 Å². The Morgan fingerprint density at radius 2 is 2.31 bits per heavy atom. The molecule has 1 amide bonds. The number of carboxylic acids is 1. The molecule has 0 atom stereocenters. The summed E-state index contributed by atoms with van der Waals surface area (Å²) in [6.07, 6.45) is 3.91. The lowest BCUT2D eigenvalue weighted by Gasteiger charge is -2.03. The number of aliphatic carboxylic acids is 1. The molecule has 0 bridgehead atoms. The average Bonchev–Trinajstić information content (AvgIpc) is 2.56. The lowest BCUT2D eigenvalue weighted by molar-refractivity contribution is -0.131. The highest BCUT2D eigenvalue weighted by Crippen LogP contribution is 2.16. The molecule has 0 saturated carbocycles. The summed E-state index contributed by atoms with van der Waals surface area (Å²) < 4.78 is 1.60. The molecule has 0 aromatic carbocycles. The molecule has 0 radical (unpaired) electrons. The minimum atomic E-state index is -1.04. The van der Waals surface area contributed by atoms with Crippen molar-refractivity contribution in [1.29, 1.82) is 0 Å². The predicted octanol–water partition coefficient (Wildman–Crippen LogP) is 0.959. The van der Waals surface area contributed by atoms with E-state index in [0.29, 0.717) is 17.9 Å². The van der Waals surface area contributed by atoms with Gasteiger partial charge in [-0.2, -0.15) is 5.10 Å². The van der Waals surface area contributed by atoms with E-state index < -0.39 is 5.97 Å². The van der Waals surface area contributed by atoms with E-state index in [1.807, 2.05) is 6.92 Å². The van der Waals surface area contributed by atoms with Crippen LogP contribution in [0.2, 0.25) is 0 Å². The van der Waals surface area contributed by atoms with Crippen molar-refractivity contribution < 1.29 is 14.7 Å². The number of carbonyl (C=O) groups is 2. The van der Waals surface area contributed by atoms with Crippen LogP contribution in [0, 0.1) is 0 Å². The van der Waals surface area contributed by atoms with Crippen LogP contribution in [0.25, 0.3) is 6.08 Å². The standard InChI is InChI=1S/C10H13N3O3/c1-3-13-9(4-5-10(15)16)8(6-11-13)12-7(2)14/h4-6H,3H2,1-2H3,(H,12,14)(H,15,16)/b5-4+. The van der Waals surface area contributed by atoms with Gasteiger partial charge in [0, 0.05) is 19.5 Å². The Hall–Kier alpha value is -2.11. The number of carbonyl (C=O) groups excluding carboxylic acids is 1. The smallest absolute Gasteiger partial charge is 0.328 e. The molecule has 0 fully saturated rings. The number of rotatable bonds is 4. The zero-order chi connectivity index (χ0) is 12.1. The monoisotopic (exact) mass is 223 g/mol. The van der Waals surface area contributed by atoms with Crippen LogP contribution in [0.4, 0.5) is 5.69 Å². The van der Waals surface area contributed by atoms with Gasteiger partial charge in [-0.25, -0.2) is 4.79 Å². The lowest BCUT2D eigenvalue weighted by atomic mass is 10.3. The van der Waals surface area contributed by atoms with Crippen LogP contribution in [0.3, 0.4) is 0 Å². The molecule has 0 aliphatic heterocycles. The Labute approximate surface area is 92.6 Å². The van der Waals surface area contributed by atoms with Gasteiger partial charge in [0.1, 0.15) is 0 Å². The summed E-state index contributed by atoms with van der Waals surface area (Å²) in [5.74, 6) is -1.27. The summed E-state index contributed by atoms with van der Waals surface area (Å²) in [5.41, 5.74) is 1.08. The van der Waals surface area contributed by atoms with Gasteiger partial charge in [-0.3, -0.25) is 9.48 Å². The molecule has 1 heterocycles. The first-order chi connectivity index (χ1) is 7.54. The maximum Gasteiger partial charge on any atom is 0.328 e. The van der Waals surface area contributed by atoms with E-state index in [0.717, 1.165) is 6.08 Å². The van der Waals surface area contributed by atoms with E-state index in [-0.39, 0.29) is 5.91 Å². The van der Waals surface area contributed by atoms with Crippen LogP contribution in [-0.2, 0) is 16.1 Å². The van der Waals surface area contributed by atoms with E-state index in [1.54, 1.807) is 4.68 Å². The van der Waals surface area contributed by atoms with Crippen LogP contribution in [0.1, 0.15) is 19.5 Å². The molecule has 6 nitrogen and oxygen atoms in total. The topological polar surface area (TPSA) is 84.2 Å².